The highest BCUT2D eigenvalue weighted by Crippen LogP contribution is 2.28. The molecule has 2 aromatic carbocycles. The number of hydrogen-bond donors (Lipinski definition) is 2. The molecule has 178 valence electrons. The fourth-order valence-corrected chi connectivity index (χ4v) is 4.37. The van der Waals surface area contributed by atoms with E-state index in [0.29, 0.717) is 11.5 Å². The van der Waals surface area contributed by atoms with Crippen LogP contribution in [0.4, 0.5) is 0 Å². The number of phenols is 1. The van der Waals surface area contributed by atoms with E-state index in [-0.39, 0.29) is 10.6 Å². The molecule has 2 rings (SSSR count). The Kier molecular flexibility index (Phi) is 11.6. The first-order valence-electron chi connectivity index (χ1n) is 12.0. The van der Waals surface area contributed by atoms with Gasteiger partial charge in [0.1, 0.15) is 17.2 Å². The lowest BCUT2D eigenvalue weighted by Gasteiger charge is -2.10. The number of ether oxygens (including phenoxy) is 1. The van der Waals surface area contributed by atoms with Gasteiger partial charge in [-0.15, -0.1) is 0 Å². The third-order valence-electron chi connectivity index (χ3n) is 5.63. The molecular formula is C26H38O5S. The molecule has 0 amide bonds. The molecule has 2 aromatic rings. The average Bonchev–Trinajstić information content (AvgIpc) is 2.75. The Labute approximate surface area is 193 Å². The second kappa shape index (κ2) is 14.2. The van der Waals surface area contributed by atoms with Gasteiger partial charge < -0.3 is 9.84 Å². The molecule has 0 heterocycles. The molecule has 0 aliphatic heterocycles. The molecule has 5 nitrogen and oxygen atoms in total. The number of hydrogen-bond acceptors (Lipinski definition) is 4. The monoisotopic (exact) mass is 462 g/mol. The van der Waals surface area contributed by atoms with Crippen molar-refractivity contribution in [1.82, 2.24) is 0 Å². The molecule has 0 unspecified atom stereocenters. The van der Waals surface area contributed by atoms with Crippen LogP contribution < -0.4 is 4.74 Å². The van der Waals surface area contributed by atoms with E-state index in [1.165, 1.54) is 88.5 Å². The van der Waals surface area contributed by atoms with E-state index < -0.39 is 10.1 Å². The summed E-state index contributed by atoms with van der Waals surface area (Å²) in [6.45, 7) is 2.25. The van der Waals surface area contributed by atoms with Gasteiger partial charge in [-0.3, -0.25) is 4.55 Å². The third kappa shape index (κ3) is 10.5. The first-order valence-corrected chi connectivity index (χ1v) is 13.4. The van der Waals surface area contributed by atoms with Gasteiger partial charge in [0.15, 0.2) is 0 Å². The molecule has 0 spiro atoms. The fourth-order valence-electron chi connectivity index (χ4n) is 3.80. The highest BCUT2D eigenvalue weighted by Gasteiger charge is 2.13. The van der Waals surface area contributed by atoms with E-state index in [2.05, 4.69) is 6.92 Å². The maximum Gasteiger partial charge on any atom is 0.294 e. The van der Waals surface area contributed by atoms with Crippen molar-refractivity contribution in [2.75, 3.05) is 0 Å². The molecule has 0 fully saturated rings. The molecule has 0 atom stereocenters. The molecule has 6 heteroatoms. The molecule has 0 saturated carbocycles. The number of unbranched alkanes of at least 4 members (excludes halogenated alkanes) is 11. The highest BCUT2D eigenvalue weighted by atomic mass is 32.2. The standard InChI is InChI=1S/C26H38O5S/c1-2-3-4-5-6-7-8-9-10-11-12-13-14-22-19-25(21-26(20-22)32(28,29)30)31-24-17-15-23(27)16-18-24/h15-21,27H,2-14H2,1H3,(H,28,29,30). The van der Waals surface area contributed by atoms with Crippen LogP contribution in [0.2, 0.25) is 0 Å². The van der Waals surface area contributed by atoms with Gasteiger partial charge >= 0.3 is 0 Å². The van der Waals surface area contributed by atoms with Crippen LogP contribution in [0.1, 0.15) is 89.5 Å². The van der Waals surface area contributed by atoms with Gasteiger partial charge in [0.05, 0.1) is 4.90 Å². The molecule has 0 aliphatic carbocycles. The van der Waals surface area contributed by atoms with Gasteiger partial charge in [-0.05, 0) is 54.8 Å². The minimum Gasteiger partial charge on any atom is -0.508 e. The van der Waals surface area contributed by atoms with Gasteiger partial charge in [0, 0.05) is 6.07 Å². The van der Waals surface area contributed by atoms with Crippen LogP contribution in [0.3, 0.4) is 0 Å². The molecule has 32 heavy (non-hydrogen) atoms. The Bertz CT molecular complexity index is 891. The van der Waals surface area contributed by atoms with Crippen LogP contribution in [-0.4, -0.2) is 18.1 Å². The van der Waals surface area contributed by atoms with Crippen LogP contribution in [0, 0.1) is 0 Å². The fraction of sp³-hybridized carbons (Fsp3) is 0.538. The van der Waals surface area contributed by atoms with Crippen molar-refractivity contribution < 1.29 is 22.8 Å². The zero-order chi connectivity index (χ0) is 23.2. The molecule has 0 saturated heterocycles. The summed E-state index contributed by atoms with van der Waals surface area (Å²) in [5.74, 6) is 0.947. The van der Waals surface area contributed by atoms with Crippen LogP contribution >= 0.6 is 0 Å². The normalized spacial score (nSPS) is 11.6. The van der Waals surface area contributed by atoms with E-state index in [0.717, 1.165) is 24.8 Å². The van der Waals surface area contributed by atoms with E-state index in [4.69, 9.17) is 4.74 Å². The van der Waals surface area contributed by atoms with E-state index in [1.54, 1.807) is 18.2 Å². The van der Waals surface area contributed by atoms with Gasteiger partial charge in [0.2, 0.25) is 0 Å². The van der Waals surface area contributed by atoms with Gasteiger partial charge in [0.25, 0.3) is 10.1 Å². The van der Waals surface area contributed by atoms with E-state index in [1.807, 2.05) is 0 Å². The quantitative estimate of drug-likeness (QED) is 0.197. The maximum atomic E-state index is 11.7. The predicted octanol–water partition coefficient (Wildman–Crippen LogP) is 7.67. The Hall–Kier alpha value is -2.05. The summed E-state index contributed by atoms with van der Waals surface area (Å²) in [5.41, 5.74) is 0.820. The van der Waals surface area contributed by atoms with E-state index in [9.17, 15) is 18.1 Å². The second-order valence-corrected chi connectivity index (χ2v) is 9.94. The smallest absolute Gasteiger partial charge is 0.294 e. The molecular weight excluding hydrogens is 424 g/mol. The predicted molar refractivity (Wildman–Crippen MR) is 129 cm³/mol. The number of rotatable bonds is 16. The Morgan fingerprint density at radius 3 is 1.78 bits per heavy atom. The van der Waals surface area contributed by atoms with Crippen molar-refractivity contribution in [3.63, 3.8) is 0 Å². The molecule has 0 aromatic heterocycles. The van der Waals surface area contributed by atoms with E-state index >= 15 is 0 Å². The highest BCUT2D eigenvalue weighted by molar-refractivity contribution is 7.85. The first kappa shape index (κ1) is 26.2. The van der Waals surface area contributed by atoms with Crippen molar-refractivity contribution in [3.8, 4) is 17.2 Å². The summed E-state index contributed by atoms with van der Waals surface area (Å²) < 4.78 is 38.6. The maximum absolute atomic E-state index is 11.7. The van der Waals surface area contributed by atoms with Gasteiger partial charge in [-0.2, -0.15) is 8.42 Å². The second-order valence-electron chi connectivity index (χ2n) is 8.52. The van der Waals surface area contributed by atoms with Crippen LogP contribution in [0.25, 0.3) is 0 Å². The SMILES string of the molecule is CCCCCCCCCCCCCCc1cc(Oc2ccc(O)cc2)cc(S(=O)(=O)O)c1. The third-order valence-corrected chi connectivity index (χ3v) is 6.46. The Morgan fingerprint density at radius 2 is 1.25 bits per heavy atom. The van der Waals surface area contributed by atoms with Crippen molar-refractivity contribution >= 4 is 10.1 Å². The van der Waals surface area contributed by atoms with Crippen molar-refractivity contribution in [2.45, 2.75) is 95.3 Å². The lowest BCUT2D eigenvalue weighted by Crippen LogP contribution is -2.00. The first-order chi connectivity index (χ1) is 15.4. The summed E-state index contributed by atoms with van der Waals surface area (Å²) in [6, 6.07) is 10.8. The molecule has 2 N–H and O–H groups in total. The zero-order valence-electron chi connectivity index (χ0n) is 19.3. The Balaban J connectivity index is 1.76. The average molecular weight is 463 g/mol. The van der Waals surface area contributed by atoms with Crippen molar-refractivity contribution in [3.05, 3.63) is 48.0 Å². The largest absolute Gasteiger partial charge is 0.508 e. The summed E-state index contributed by atoms with van der Waals surface area (Å²) in [4.78, 5) is -0.164. The summed E-state index contributed by atoms with van der Waals surface area (Å²) >= 11 is 0. The number of phenolic OH excluding ortho intramolecular Hbond substituents is 1. The Morgan fingerprint density at radius 1 is 0.719 bits per heavy atom. The topological polar surface area (TPSA) is 83.8 Å². The van der Waals surface area contributed by atoms with Crippen molar-refractivity contribution in [2.24, 2.45) is 0 Å². The summed E-state index contributed by atoms with van der Waals surface area (Å²) in [5, 5.41) is 9.39. The number of aromatic hydroxyl groups is 1. The minimum atomic E-state index is -4.32. The van der Waals surface area contributed by atoms with Crippen LogP contribution in [0.5, 0.6) is 17.2 Å². The lowest BCUT2D eigenvalue weighted by molar-refractivity contribution is 0.461. The molecule has 0 bridgehead atoms. The number of aryl methyl sites for hydroxylation is 1. The molecule has 0 radical (unpaired) electrons. The molecule has 0 aliphatic rings. The summed E-state index contributed by atoms with van der Waals surface area (Å²) in [6.07, 6.45) is 15.9. The lowest BCUT2D eigenvalue weighted by atomic mass is 10.0. The van der Waals surface area contributed by atoms with Gasteiger partial charge in [-0.1, -0.05) is 77.6 Å². The zero-order valence-corrected chi connectivity index (χ0v) is 20.1. The summed E-state index contributed by atoms with van der Waals surface area (Å²) in [7, 11) is -4.32. The number of benzene rings is 2. The minimum absolute atomic E-state index is 0.122. The van der Waals surface area contributed by atoms with Crippen LogP contribution in [0.15, 0.2) is 47.4 Å². The van der Waals surface area contributed by atoms with Crippen molar-refractivity contribution in [1.29, 1.82) is 0 Å². The van der Waals surface area contributed by atoms with Gasteiger partial charge in [-0.25, -0.2) is 0 Å². The van der Waals surface area contributed by atoms with Crippen LogP contribution in [-0.2, 0) is 16.5 Å².